The van der Waals surface area contributed by atoms with Crippen molar-refractivity contribution >= 4 is 29.0 Å². The third-order valence-electron chi connectivity index (χ3n) is 4.36. The number of hydrogen-bond donors (Lipinski definition) is 0. The summed E-state index contributed by atoms with van der Waals surface area (Å²) in [7, 11) is 0. The van der Waals surface area contributed by atoms with E-state index in [1.807, 2.05) is 43.3 Å². The van der Waals surface area contributed by atoms with Crippen molar-refractivity contribution in [2.24, 2.45) is 0 Å². The first kappa shape index (κ1) is 17.0. The molecule has 2 heterocycles. The molecule has 1 aliphatic heterocycles. The van der Waals surface area contributed by atoms with Crippen LogP contribution in [-0.2, 0) is 15.1 Å². The van der Waals surface area contributed by atoms with Crippen LogP contribution in [0.3, 0.4) is 0 Å². The highest BCUT2D eigenvalue weighted by Crippen LogP contribution is 2.54. The fourth-order valence-corrected chi connectivity index (χ4v) is 3.74. The molecule has 124 valence electrons. The maximum absolute atomic E-state index is 12.9. The second-order valence-corrected chi connectivity index (χ2v) is 7.26. The minimum atomic E-state index is -1.32. The minimum absolute atomic E-state index is 0.191. The van der Waals surface area contributed by atoms with E-state index in [9.17, 15) is 4.79 Å². The largest absolute Gasteiger partial charge is 0.481 e. The predicted molar refractivity (Wildman–Crippen MR) is 95.1 cm³/mol. The van der Waals surface area contributed by atoms with Crippen molar-refractivity contribution in [1.29, 1.82) is 0 Å². The van der Waals surface area contributed by atoms with Gasteiger partial charge in [0, 0.05) is 24.0 Å². The molecule has 1 aromatic carbocycles. The van der Waals surface area contributed by atoms with Gasteiger partial charge >= 0.3 is 0 Å². The lowest BCUT2D eigenvalue weighted by molar-refractivity contribution is -0.133. The third kappa shape index (κ3) is 2.72. The summed E-state index contributed by atoms with van der Waals surface area (Å²) in [5, 5.41) is 0. The highest BCUT2D eigenvalue weighted by Gasteiger charge is 2.58. The van der Waals surface area contributed by atoms with E-state index in [2.05, 4.69) is 4.98 Å². The lowest BCUT2D eigenvalue weighted by atomic mass is 9.73. The van der Waals surface area contributed by atoms with Gasteiger partial charge in [-0.15, -0.1) is 23.2 Å². The van der Waals surface area contributed by atoms with Crippen LogP contribution in [0.5, 0.6) is 0 Å². The zero-order valence-corrected chi connectivity index (χ0v) is 14.7. The summed E-state index contributed by atoms with van der Waals surface area (Å²) in [5.74, 6) is -0.783. The smallest absolute Gasteiger partial charge is 0.207 e. The number of carbonyl (C=O) groups is 1. The number of carbonyl (C=O) groups excluding carboxylic acids is 1. The summed E-state index contributed by atoms with van der Waals surface area (Å²) >= 11 is 13.4. The Kier molecular flexibility index (Phi) is 4.66. The number of ether oxygens (including phenoxy) is 1. The molecule has 24 heavy (non-hydrogen) atoms. The molecule has 3 rings (SSSR count). The Bertz CT molecular complexity index is 746. The number of aromatic nitrogens is 1. The summed E-state index contributed by atoms with van der Waals surface area (Å²) in [4.78, 5) is 17.1. The number of alkyl halides is 2. The monoisotopic (exact) mass is 361 g/mol. The van der Waals surface area contributed by atoms with E-state index < -0.39 is 15.9 Å². The highest BCUT2D eigenvalue weighted by molar-refractivity contribution is 6.49. The van der Waals surface area contributed by atoms with Gasteiger partial charge in [-0.3, -0.25) is 9.78 Å². The zero-order chi connectivity index (χ0) is 17.2. The average Bonchev–Trinajstić information content (AvgIpc) is 2.99. The second kappa shape index (κ2) is 6.58. The van der Waals surface area contributed by atoms with Gasteiger partial charge in [-0.05, 0) is 18.1 Å². The molecule has 0 bridgehead atoms. The molecule has 2 aromatic rings. The minimum Gasteiger partial charge on any atom is -0.481 e. The molecule has 1 aromatic heterocycles. The number of pyridine rings is 1. The molecule has 0 radical (unpaired) electrons. The van der Waals surface area contributed by atoms with Crippen LogP contribution in [0.15, 0.2) is 67.2 Å². The predicted octanol–water partition coefficient (Wildman–Crippen LogP) is 4.76. The standard InChI is InChI=1S/C19H17Cl2NO2/c1-2-18(20,21)17(14-7-4-3-5-8-14)19(16(23)10-12-24-19)15-9-6-11-22-13-15/h3-13,17H,2H2,1H3. The van der Waals surface area contributed by atoms with E-state index in [1.165, 1.54) is 12.3 Å². The molecule has 0 saturated carbocycles. The molecule has 3 nitrogen and oxygen atoms in total. The second-order valence-electron chi connectivity index (χ2n) is 5.72. The van der Waals surface area contributed by atoms with E-state index in [-0.39, 0.29) is 5.78 Å². The van der Waals surface area contributed by atoms with Gasteiger partial charge in [0.15, 0.2) is 0 Å². The van der Waals surface area contributed by atoms with Gasteiger partial charge in [-0.1, -0.05) is 43.3 Å². The average molecular weight is 362 g/mol. The molecule has 0 N–H and O–H groups in total. The maximum Gasteiger partial charge on any atom is 0.207 e. The van der Waals surface area contributed by atoms with E-state index in [4.69, 9.17) is 27.9 Å². The Morgan fingerprint density at radius 3 is 2.50 bits per heavy atom. The molecule has 0 amide bonds. The Morgan fingerprint density at radius 1 is 1.21 bits per heavy atom. The molecule has 5 heteroatoms. The van der Waals surface area contributed by atoms with Crippen LogP contribution in [0.25, 0.3) is 0 Å². The molecule has 0 aliphatic carbocycles. The number of hydrogen-bond acceptors (Lipinski definition) is 3. The fourth-order valence-electron chi connectivity index (χ4n) is 3.18. The Labute approximate surface area is 151 Å². The van der Waals surface area contributed by atoms with Crippen molar-refractivity contribution in [3.63, 3.8) is 0 Å². The summed E-state index contributed by atoms with van der Waals surface area (Å²) < 4.78 is 4.71. The number of nitrogens with zero attached hydrogens (tertiary/aromatic N) is 1. The van der Waals surface area contributed by atoms with Crippen LogP contribution in [0.4, 0.5) is 0 Å². The van der Waals surface area contributed by atoms with E-state index in [0.717, 1.165) is 5.56 Å². The first-order valence-electron chi connectivity index (χ1n) is 7.74. The molecule has 0 saturated heterocycles. The van der Waals surface area contributed by atoms with Crippen molar-refractivity contribution in [1.82, 2.24) is 4.98 Å². The molecule has 0 spiro atoms. The number of halogens is 2. The normalized spacial score (nSPS) is 21.5. The number of benzene rings is 1. The van der Waals surface area contributed by atoms with E-state index in [0.29, 0.717) is 12.0 Å². The first-order valence-corrected chi connectivity index (χ1v) is 8.50. The van der Waals surface area contributed by atoms with Crippen molar-refractivity contribution in [2.45, 2.75) is 29.2 Å². The number of ketones is 1. The zero-order valence-electron chi connectivity index (χ0n) is 13.2. The first-order chi connectivity index (χ1) is 11.5. The lowest BCUT2D eigenvalue weighted by Gasteiger charge is -2.41. The molecule has 2 atom stereocenters. The Balaban J connectivity index is 2.25. The van der Waals surface area contributed by atoms with Gasteiger partial charge in [0.05, 0.1) is 12.2 Å². The van der Waals surface area contributed by atoms with Gasteiger partial charge in [0.25, 0.3) is 0 Å². The number of rotatable bonds is 5. The molecule has 0 fully saturated rings. The quantitative estimate of drug-likeness (QED) is 0.720. The summed E-state index contributed by atoms with van der Waals surface area (Å²) in [6, 6.07) is 13.1. The van der Waals surface area contributed by atoms with Gasteiger partial charge in [-0.2, -0.15) is 0 Å². The SMILES string of the molecule is CCC(Cl)(Cl)C(c1ccccc1)C1(c2cccnc2)OC=CC1=O. The van der Waals surface area contributed by atoms with Crippen LogP contribution in [0.2, 0.25) is 0 Å². The van der Waals surface area contributed by atoms with Crippen molar-refractivity contribution in [3.05, 3.63) is 78.3 Å². The van der Waals surface area contributed by atoms with E-state index in [1.54, 1.807) is 18.5 Å². The van der Waals surface area contributed by atoms with Crippen molar-refractivity contribution in [2.75, 3.05) is 0 Å². The Morgan fingerprint density at radius 2 is 1.96 bits per heavy atom. The maximum atomic E-state index is 12.9. The topological polar surface area (TPSA) is 39.2 Å². The summed E-state index contributed by atoms with van der Waals surface area (Å²) in [6.07, 6.45) is 6.55. The summed E-state index contributed by atoms with van der Waals surface area (Å²) in [6.45, 7) is 1.89. The van der Waals surface area contributed by atoms with Gasteiger partial charge in [0.1, 0.15) is 4.33 Å². The van der Waals surface area contributed by atoms with Crippen LogP contribution >= 0.6 is 23.2 Å². The fraction of sp³-hybridized carbons (Fsp3) is 0.263. The van der Waals surface area contributed by atoms with Crippen LogP contribution in [-0.4, -0.2) is 15.1 Å². The Hall–Kier alpha value is -1.84. The lowest BCUT2D eigenvalue weighted by Crippen LogP contribution is -2.47. The van der Waals surface area contributed by atoms with Gasteiger partial charge in [-0.25, -0.2) is 0 Å². The van der Waals surface area contributed by atoms with Crippen molar-refractivity contribution in [3.8, 4) is 0 Å². The third-order valence-corrected chi connectivity index (χ3v) is 5.33. The summed E-state index contributed by atoms with van der Waals surface area (Å²) in [5.41, 5.74) is 0.146. The van der Waals surface area contributed by atoms with Crippen LogP contribution < -0.4 is 0 Å². The molecular weight excluding hydrogens is 345 g/mol. The van der Waals surface area contributed by atoms with E-state index >= 15 is 0 Å². The van der Waals surface area contributed by atoms with Gasteiger partial charge < -0.3 is 4.74 Å². The highest BCUT2D eigenvalue weighted by atomic mass is 35.5. The molecule has 2 unspecified atom stereocenters. The van der Waals surface area contributed by atoms with Crippen LogP contribution in [0.1, 0.15) is 30.4 Å². The van der Waals surface area contributed by atoms with Crippen LogP contribution in [0, 0.1) is 0 Å². The van der Waals surface area contributed by atoms with Gasteiger partial charge in [0.2, 0.25) is 11.4 Å². The molecular formula is C19H17Cl2NO2. The van der Waals surface area contributed by atoms with Crippen molar-refractivity contribution < 1.29 is 9.53 Å². The molecule has 1 aliphatic rings.